The van der Waals surface area contributed by atoms with Gasteiger partial charge in [0.2, 0.25) is 0 Å². The third-order valence-corrected chi connectivity index (χ3v) is 4.76. The smallest absolute Gasteiger partial charge is 0.438 e. The summed E-state index contributed by atoms with van der Waals surface area (Å²) in [6, 6.07) is 2.15. The third kappa shape index (κ3) is 3.28. The molecule has 6 nitrogen and oxygen atoms in total. The van der Waals surface area contributed by atoms with Crippen LogP contribution in [-0.4, -0.2) is 36.7 Å². The van der Waals surface area contributed by atoms with Crippen LogP contribution in [0.15, 0.2) is 5.70 Å². The monoisotopic (exact) mass is 331 g/mol. The number of aryl methyl sites for hydroxylation is 1. The van der Waals surface area contributed by atoms with Crippen molar-refractivity contribution < 1.29 is 18.8 Å². The van der Waals surface area contributed by atoms with Crippen LogP contribution in [0.2, 0.25) is 0 Å². The first-order valence-corrected chi connectivity index (χ1v) is 8.26. The average Bonchev–Trinajstić information content (AvgIpc) is 3.11. The summed E-state index contributed by atoms with van der Waals surface area (Å²) in [5.41, 5.74) is 1.85. The molecule has 1 aliphatic carbocycles. The van der Waals surface area contributed by atoms with Crippen LogP contribution in [0.1, 0.15) is 34.8 Å². The molecule has 23 heavy (non-hydrogen) atoms. The molecule has 0 unspecified atom stereocenters. The first kappa shape index (κ1) is 15.7. The topological polar surface area (TPSA) is 76.4 Å². The highest BCUT2D eigenvalue weighted by Gasteiger charge is 2.39. The fourth-order valence-corrected chi connectivity index (χ4v) is 3.59. The molecule has 0 fully saturated rings. The predicted molar refractivity (Wildman–Crippen MR) is 84.7 cm³/mol. The van der Waals surface area contributed by atoms with Crippen molar-refractivity contribution in [1.82, 2.24) is 4.98 Å². The van der Waals surface area contributed by atoms with Crippen LogP contribution in [-0.2, 0) is 20.7 Å². The van der Waals surface area contributed by atoms with E-state index < -0.39 is 6.10 Å². The molecule has 7 heteroatoms. The van der Waals surface area contributed by atoms with Crippen LogP contribution >= 0.6 is 11.3 Å². The van der Waals surface area contributed by atoms with Crippen molar-refractivity contribution in [2.45, 2.75) is 31.8 Å². The highest BCUT2D eigenvalue weighted by molar-refractivity contribution is 7.12. The van der Waals surface area contributed by atoms with Gasteiger partial charge in [-0.15, -0.1) is 4.58 Å². The lowest BCUT2D eigenvalue weighted by atomic mass is 10.1. The Balaban J connectivity index is 1.73. The summed E-state index contributed by atoms with van der Waals surface area (Å²) in [5.74, 6) is -0.103. The van der Waals surface area contributed by atoms with Crippen LogP contribution in [0.3, 0.4) is 0 Å². The number of allylic oxidation sites excluding steroid dienone is 1. The second-order valence-electron chi connectivity index (χ2n) is 5.31. The normalized spacial score (nSPS) is 19.3. The molecule has 0 saturated carbocycles. The molecule has 1 aromatic rings. The summed E-state index contributed by atoms with van der Waals surface area (Å²) in [4.78, 5) is 17.9. The van der Waals surface area contributed by atoms with E-state index >= 15 is 0 Å². The van der Waals surface area contributed by atoms with Gasteiger partial charge in [0.15, 0.2) is 5.70 Å². The molecule has 1 amide bonds. The first-order valence-electron chi connectivity index (χ1n) is 7.44. The SMILES string of the molecule is COC[C@H]1OC=[N+](C2=Cc3[s+]c(CCCC#N)[n-]c3[CH-]C2)C1=O. The van der Waals surface area contributed by atoms with Gasteiger partial charge >= 0.3 is 12.3 Å². The van der Waals surface area contributed by atoms with E-state index in [9.17, 15) is 4.79 Å². The van der Waals surface area contributed by atoms with Crippen LogP contribution < -0.4 is 4.98 Å². The molecule has 1 aliphatic heterocycles. The van der Waals surface area contributed by atoms with Crippen molar-refractivity contribution in [2.75, 3.05) is 13.7 Å². The van der Waals surface area contributed by atoms with Crippen molar-refractivity contribution in [3.63, 3.8) is 0 Å². The number of nitriles is 1. The van der Waals surface area contributed by atoms with Crippen LogP contribution in [0, 0.1) is 17.8 Å². The summed E-state index contributed by atoms with van der Waals surface area (Å²) in [6.07, 6.45) is 7.74. The van der Waals surface area contributed by atoms with Crippen LogP contribution in [0.25, 0.3) is 6.08 Å². The number of hydrogen-bond donors (Lipinski definition) is 0. The molecule has 1 aromatic heterocycles. The van der Waals surface area contributed by atoms with Gasteiger partial charge in [-0.3, -0.25) is 0 Å². The Labute approximate surface area is 138 Å². The Morgan fingerprint density at radius 3 is 3.30 bits per heavy atom. The minimum absolute atomic E-state index is 0.103. The summed E-state index contributed by atoms with van der Waals surface area (Å²) >= 11 is 1.62. The van der Waals surface area contributed by atoms with Gasteiger partial charge < -0.3 is 14.5 Å². The molecular formula is C16H17N3O3S. The predicted octanol–water partition coefficient (Wildman–Crippen LogP) is 1.74. The summed E-state index contributed by atoms with van der Waals surface area (Å²) in [5, 5.41) is 9.63. The van der Waals surface area contributed by atoms with Gasteiger partial charge in [-0.25, -0.2) is 16.9 Å². The van der Waals surface area contributed by atoms with E-state index in [1.165, 1.54) is 6.40 Å². The van der Waals surface area contributed by atoms with Crippen molar-refractivity contribution in [3.05, 3.63) is 27.7 Å². The number of amides is 1. The molecule has 0 bridgehead atoms. The van der Waals surface area contributed by atoms with Gasteiger partial charge in [0.05, 0.1) is 33.9 Å². The van der Waals surface area contributed by atoms with Crippen molar-refractivity contribution in [1.29, 1.82) is 5.26 Å². The van der Waals surface area contributed by atoms with E-state index in [0.717, 1.165) is 34.1 Å². The molecule has 3 rings (SSSR count). The van der Waals surface area contributed by atoms with Gasteiger partial charge in [0.25, 0.3) is 6.10 Å². The molecule has 0 spiro atoms. The van der Waals surface area contributed by atoms with Crippen LogP contribution in [0.4, 0.5) is 0 Å². The Morgan fingerprint density at radius 2 is 2.52 bits per heavy atom. The molecule has 120 valence electrons. The minimum atomic E-state index is -0.565. The number of unbranched alkanes of at least 4 members (excludes halogenated alkanes) is 1. The minimum Gasteiger partial charge on any atom is -0.639 e. The van der Waals surface area contributed by atoms with Crippen molar-refractivity contribution >= 4 is 29.7 Å². The highest BCUT2D eigenvalue weighted by Crippen LogP contribution is 2.31. The third-order valence-electron chi connectivity index (χ3n) is 3.68. The fourth-order valence-electron chi connectivity index (χ4n) is 2.52. The number of methoxy groups -OCH3 is 1. The highest BCUT2D eigenvalue weighted by atomic mass is 32.1. The molecule has 0 saturated heterocycles. The summed E-state index contributed by atoms with van der Waals surface area (Å²) in [7, 11) is 1.55. The Morgan fingerprint density at radius 1 is 1.65 bits per heavy atom. The summed E-state index contributed by atoms with van der Waals surface area (Å²) in [6.45, 7) is 0.248. The van der Waals surface area contributed by atoms with Gasteiger partial charge in [0, 0.05) is 20.0 Å². The van der Waals surface area contributed by atoms with E-state index in [0.29, 0.717) is 12.8 Å². The number of carbonyl (C=O) groups excluding carboxylic acids is 1. The zero-order chi connectivity index (χ0) is 16.2. The number of fused-ring (bicyclic) bond motifs is 1. The number of ether oxygens (including phenoxy) is 2. The maximum Gasteiger partial charge on any atom is 0.438 e. The number of nitrogens with zero attached hydrogens (tertiary/aromatic N) is 3. The molecule has 1 atom stereocenters. The quantitative estimate of drug-likeness (QED) is 0.343. The van der Waals surface area contributed by atoms with Gasteiger partial charge in [-0.2, -0.15) is 5.26 Å². The summed E-state index contributed by atoms with van der Waals surface area (Å²) < 4.78 is 11.9. The van der Waals surface area contributed by atoms with E-state index in [1.54, 1.807) is 23.0 Å². The molecule has 2 heterocycles. The number of aromatic nitrogens is 1. The largest absolute Gasteiger partial charge is 0.639 e. The average molecular weight is 331 g/mol. The lowest BCUT2D eigenvalue weighted by molar-refractivity contribution is -0.392. The van der Waals surface area contributed by atoms with Crippen LogP contribution in [0.5, 0.6) is 0 Å². The van der Waals surface area contributed by atoms with Gasteiger partial charge in [-0.05, 0) is 18.9 Å². The Kier molecular flexibility index (Phi) is 4.74. The van der Waals surface area contributed by atoms with E-state index in [2.05, 4.69) is 11.1 Å². The maximum absolute atomic E-state index is 12.3. The lowest BCUT2D eigenvalue weighted by Gasteiger charge is -2.18. The van der Waals surface area contributed by atoms with Crippen molar-refractivity contribution in [3.8, 4) is 6.07 Å². The van der Waals surface area contributed by atoms with Gasteiger partial charge in [0.1, 0.15) is 0 Å². The van der Waals surface area contributed by atoms with Gasteiger partial charge in [-0.1, -0.05) is 0 Å². The molecule has 2 aliphatic rings. The number of rotatable bonds is 6. The second kappa shape index (κ2) is 6.94. The molecule has 0 aromatic carbocycles. The maximum atomic E-state index is 12.3. The van der Waals surface area contributed by atoms with Crippen molar-refractivity contribution in [2.24, 2.45) is 0 Å². The fraction of sp³-hybridized carbons (Fsp3) is 0.438. The molecule has 0 N–H and O–H groups in total. The Bertz CT molecular complexity index is 715. The van der Waals surface area contributed by atoms with E-state index in [4.69, 9.17) is 14.7 Å². The number of carbonyl (C=O) groups is 1. The Hall–Kier alpha value is -2.17. The standard InChI is InChI=1S/C16H17N3O3S/c1-21-9-13-16(20)19(10-22-13)11-5-6-12-14(8-11)23-15(18-12)4-2-3-7-17/h6,8,10,13H,2-5,9H2,1H3/t13-/m1/s1. The molecular weight excluding hydrogens is 314 g/mol. The lowest BCUT2D eigenvalue weighted by Crippen LogP contribution is -2.29. The van der Waals surface area contributed by atoms with E-state index in [-0.39, 0.29) is 12.5 Å². The number of thiazole rings is 1. The zero-order valence-corrected chi connectivity index (χ0v) is 13.6. The molecule has 0 radical (unpaired) electrons. The number of hydrogen-bond acceptors (Lipinski definition) is 4. The first-order chi connectivity index (χ1) is 11.2. The second-order valence-corrected chi connectivity index (χ2v) is 6.42. The van der Waals surface area contributed by atoms with E-state index in [1.807, 2.05) is 12.5 Å². The zero-order valence-electron chi connectivity index (χ0n) is 12.8.